The molecule has 6 heteroatoms. The van der Waals surface area contributed by atoms with Crippen molar-refractivity contribution in [1.82, 2.24) is 0 Å². The molecule has 74 valence electrons. The Morgan fingerprint density at radius 2 is 1.85 bits per heavy atom. The van der Waals surface area contributed by atoms with Crippen molar-refractivity contribution in [2.75, 3.05) is 0 Å². The molecule has 0 aromatic rings. The Balaban J connectivity index is 2.98. The summed E-state index contributed by atoms with van der Waals surface area (Å²) < 4.78 is 36.2. The number of allylic oxidation sites excluding steroid dienone is 2. The molecule has 1 aliphatic rings. The van der Waals surface area contributed by atoms with Crippen molar-refractivity contribution >= 4 is 15.9 Å². The molecule has 0 radical (unpaired) electrons. The molecule has 2 nitrogen and oxygen atoms in total. The van der Waals surface area contributed by atoms with Crippen LogP contribution in [0.5, 0.6) is 0 Å². The Morgan fingerprint density at radius 3 is 2.23 bits per heavy atom. The highest BCUT2D eigenvalue weighted by Crippen LogP contribution is 2.33. The van der Waals surface area contributed by atoms with Crippen LogP contribution in [-0.4, -0.2) is 28.6 Å². The summed E-state index contributed by atoms with van der Waals surface area (Å²) in [6.07, 6.45) is -6.01. The molecule has 2 atom stereocenters. The van der Waals surface area contributed by atoms with E-state index < -0.39 is 24.0 Å². The van der Waals surface area contributed by atoms with Gasteiger partial charge in [-0.05, 0) is 12.2 Å². The Kier molecular flexibility index (Phi) is 2.84. The SMILES string of the molecule is OC1C=C(C(F)(F)F)C=C(Br)C1O. The van der Waals surface area contributed by atoms with Crippen LogP contribution in [0.3, 0.4) is 0 Å². The van der Waals surface area contributed by atoms with Crippen LogP contribution in [0, 0.1) is 0 Å². The van der Waals surface area contributed by atoms with Crippen molar-refractivity contribution in [3.05, 3.63) is 22.2 Å². The molecule has 0 aliphatic heterocycles. The molecule has 0 aromatic heterocycles. The zero-order valence-electron chi connectivity index (χ0n) is 6.22. The van der Waals surface area contributed by atoms with Gasteiger partial charge in [0.15, 0.2) is 0 Å². The fraction of sp³-hybridized carbons (Fsp3) is 0.429. The summed E-state index contributed by atoms with van der Waals surface area (Å²) in [5, 5.41) is 18.0. The Morgan fingerprint density at radius 1 is 1.31 bits per heavy atom. The largest absolute Gasteiger partial charge is 0.416 e. The molecule has 0 spiro atoms. The third-order valence-corrected chi connectivity index (χ3v) is 2.28. The second-order valence-electron chi connectivity index (χ2n) is 2.58. The quantitative estimate of drug-likeness (QED) is 0.691. The first-order valence-electron chi connectivity index (χ1n) is 3.34. The summed E-state index contributed by atoms with van der Waals surface area (Å²) in [4.78, 5) is 0. The van der Waals surface area contributed by atoms with Crippen LogP contribution < -0.4 is 0 Å². The fourth-order valence-corrected chi connectivity index (χ4v) is 1.41. The average Bonchev–Trinajstić information content (AvgIpc) is 1.97. The van der Waals surface area contributed by atoms with E-state index in [1.165, 1.54) is 0 Å². The summed E-state index contributed by atoms with van der Waals surface area (Å²) >= 11 is 2.74. The minimum absolute atomic E-state index is 0.0742. The second-order valence-corrected chi connectivity index (χ2v) is 3.50. The molecule has 0 bridgehead atoms. The summed E-state index contributed by atoms with van der Waals surface area (Å²) in [5.41, 5.74) is -0.961. The molecular formula is C7H6BrF3O2. The lowest BCUT2D eigenvalue weighted by atomic mass is 10.0. The minimum atomic E-state index is -4.50. The third kappa shape index (κ3) is 2.32. The van der Waals surface area contributed by atoms with Crippen LogP contribution in [0.15, 0.2) is 22.2 Å². The highest BCUT2D eigenvalue weighted by Gasteiger charge is 2.36. The van der Waals surface area contributed by atoms with E-state index in [1.807, 2.05) is 0 Å². The molecule has 0 saturated heterocycles. The molecule has 0 saturated carbocycles. The number of aliphatic hydroxyl groups is 2. The van der Waals surface area contributed by atoms with E-state index in [9.17, 15) is 13.2 Å². The molecule has 13 heavy (non-hydrogen) atoms. The van der Waals surface area contributed by atoms with Crippen LogP contribution >= 0.6 is 15.9 Å². The Hall–Kier alpha value is -0.330. The van der Waals surface area contributed by atoms with E-state index in [4.69, 9.17) is 10.2 Å². The van der Waals surface area contributed by atoms with Crippen LogP contribution in [0.4, 0.5) is 13.2 Å². The standard InChI is InChI=1S/C7H6BrF3O2/c8-4-1-3(7(9,10)11)2-5(12)6(4)13/h1-2,5-6,12-13H. The monoisotopic (exact) mass is 258 g/mol. The van der Waals surface area contributed by atoms with Gasteiger partial charge in [-0.15, -0.1) is 0 Å². The molecular weight excluding hydrogens is 253 g/mol. The van der Waals surface area contributed by atoms with E-state index in [0.29, 0.717) is 6.08 Å². The fourth-order valence-electron chi connectivity index (χ4n) is 0.897. The van der Waals surface area contributed by atoms with Gasteiger partial charge in [0.2, 0.25) is 0 Å². The Bertz CT molecular complexity index is 269. The van der Waals surface area contributed by atoms with E-state index in [2.05, 4.69) is 15.9 Å². The maximum Gasteiger partial charge on any atom is 0.416 e. The van der Waals surface area contributed by atoms with Gasteiger partial charge in [-0.25, -0.2) is 0 Å². The molecule has 1 aliphatic carbocycles. The lowest BCUT2D eigenvalue weighted by molar-refractivity contribution is -0.0902. The maximum absolute atomic E-state index is 12.1. The van der Waals surface area contributed by atoms with Crippen molar-refractivity contribution in [3.8, 4) is 0 Å². The van der Waals surface area contributed by atoms with Gasteiger partial charge >= 0.3 is 6.18 Å². The first-order chi connectivity index (χ1) is 5.82. The average molecular weight is 259 g/mol. The van der Waals surface area contributed by atoms with Gasteiger partial charge in [0.1, 0.15) is 12.2 Å². The van der Waals surface area contributed by atoms with E-state index in [0.717, 1.165) is 6.08 Å². The number of rotatable bonds is 0. The summed E-state index contributed by atoms with van der Waals surface area (Å²) in [5.74, 6) is 0. The molecule has 2 unspecified atom stereocenters. The van der Waals surface area contributed by atoms with Gasteiger partial charge < -0.3 is 10.2 Å². The van der Waals surface area contributed by atoms with Crippen molar-refractivity contribution in [3.63, 3.8) is 0 Å². The van der Waals surface area contributed by atoms with Crippen LogP contribution in [0.1, 0.15) is 0 Å². The number of aliphatic hydroxyl groups excluding tert-OH is 2. The zero-order chi connectivity index (χ0) is 10.2. The molecule has 0 amide bonds. The predicted molar refractivity (Wildman–Crippen MR) is 43.2 cm³/mol. The first kappa shape index (κ1) is 10.7. The smallest absolute Gasteiger partial charge is 0.386 e. The van der Waals surface area contributed by atoms with Gasteiger partial charge in [0.25, 0.3) is 0 Å². The maximum atomic E-state index is 12.1. The number of hydrogen-bond donors (Lipinski definition) is 2. The van der Waals surface area contributed by atoms with Crippen LogP contribution in [0.25, 0.3) is 0 Å². The summed E-state index contributed by atoms with van der Waals surface area (Å²) in [6.45, 7) is 0. The lowest BCUT2D eigenvalue weighted by Gasteiger charge is -2.21. The van der Waals surface area contributed by atoms with Gasteiger partial charge in [-0.2, -0.15) is 13.2 Å². The van der Waals surface area contributed by atoms with E-state index in [-0.39, 0.29) is 4.48 Å². The van der Waals surface area contributed by atoms with E-state index >= 15 is 0 Å². The number of halogens is 4. The van der Waals surface area contributed by atoms with Crippen molar-refractivity contribution in [1.29, 1.82) is 0 Å². The third-order valence-electron chi connectivity index (χ3n) is 1.58. The first-order valence-corrected chi connectivity index (χ1v) is 4.14. The van der Waals surface area contributed by atoms with Gasteiger partial charge in [0.05, 0.1) is 5.57 Å². The second kappa shape index (κ2) is 3.43. The molecule has 0 heterocycles. The van der Waals surface area contributed by atoms with Crippen molar-refractivity contribution in [2.45, 2.75) is 18.4 Å². The molecule has 0 fully saturated rings. The molecule has 1 rings (SSSR count). The van der Waals surface area contributed by atoms with Crippen LogP contribution in [0.2, 0.25) is 0 Å². The number of alkyl halides is 3. The summed E-state index contributed by atoms with van der Waals surface area (Å²) in [7, 11) is 0. The lowest BCUT2D eigenvalue weighted by Crippen LogP contribution is -2.29. The number of hydrogen-bond acceptors (Lipinski definition) is 2. The van der Waals surface area contributed by atoms with E-state index in [1.54, 1.807) is 0 Å². The van der Waals surface area contributed by atoms with Gasteiger partial charge in [0, 0.05) is 4.48 Å². The van der Waals surface area contributed by atoms with Crippen molar-refractivity contribution < 1.29 is 23.4 Å². The zero-order valence-corrected chi connectivity index (χ0v) is 7.80. The molecule has 2 N–H and O–H groups in total. The summed E-state index contributed by atoms with van der Waals surface area (Å²) in [6, 6.07) is 0. The minimum Gasteiger partial charge on any atom is -0.386 e. The van der Waals surface area contributed by atoms with Gasteiger partial charge in [-0.1, -0.05) is 15.9 Å². The predicted octanol–water partition coefficient (Wildman–Crippen LogP) is 1.49. The molecule has 0 aromatic carbocycles. The van der Waals surface area contributed by atoms with Crippen LogP contribution in [-0.2, 0) is 0 Å². The van der Waals surface area contributed by atoms with Crippen molar-refractivity contribution in [2.24, 2.45) is 0 Å². The highest BCUT2D eigenvalue weighted by atomic mass is 79.9. The Labute approximate surface area is 80.5 Å². The topological polar surface area (TPSA) is 40.5 Å². The normalized spacial score (nSPS) is 29.7. The van der Waals surface area contributed by atoms with Gasteiger partial charge in [-0.3, -0.25) is 0 Å². The highest BCUT2D eigenvalue weighted by molar-refractivity contribution is 9.11.